The zero-order chi connectivity index (χ0) is 11.7. The van der Waals surface area contributed by atoms with Crippen LogP contribution in [0.5, 0.6) is 0 Å². The van der Waals surface area contributed by atoms with E-state index in [9.17, 15) is 4.79 Å². The van der Waals surface area contributed by atoms with Crippen LogP contribution in [0.1, 0.15) is 20.3 Å². The zero-order valence-corrected chi connectivity index (χ0v) is 9.28. The highest BCUT2D eigenvalue weighted by molar-refractivity contribution is 5.86. The summed E-state index contributed by atoms with van der Waals surface area (Å²) in [7, 11) is 0. The molecule has 0 aliphatic carbocycles. The lowest BCUT2D eigenvalue weighted by molar-refractivity contribution is -0.139. The van der Waals surface area contributed by atoms with Crippen LogP contribution in [0.2, 0.25) is 0 Å². The highest BCUT2D eigenvalue weighted by Gasteiger charge is 2.02. The van der Waals surface area contributed by atoms with E-state index in [0.29, 0.717) is 31.8 Å². The van der Waals surface area contributed by atoms with Gasteiger partial charge < -0.3 is 9.47 Å². The Balaban J connectivity index is 3.30. The number of ether oxygens (including phenoxy) is 2. The number of carbonyl (C=O) groups excluding carboxylic acids is 1. The summed E-state index contributed by atoms with van der Waals surface area (Å²) in [6.45, 7) is 8.10. The number of hydrogen-bond donors (Lipinski definition) is 0. The number of carbonyl (C=O) groups is 1. The van der Waals surface area contributed by atoms with Crippen molar-refractivity contribution in [2.45, 2.75) is 20.3 Å². The molecule has 0 rings (SSSR count). The van der Waals surface area contributed by atoms with E-state index < -0.39 is 0 Å². The van der Waals surface area contributed by atoms with Gasteiger partial charge in [-0.05, 0) is 13.8 Å². The minimum Gasteiger partial charge on any atom is -0.462 e. The second-order valence-corrected chi connectivity index (χ2v) is 3.37. The summed E-state index contributed by atoms with van der Waals surface area (Å²) in [5, 5.41) is 8.46. The van der Waals surface area contributed by atoms with E-state index in [0.717, 1.165) is 0 Å². The second kappa shape index (κ2) is 8.01. The molecule has 0 N–H and O–H groups in total. The first-order valence-electron chi connectivity index (χ1n) is 4.88. The van der Waals surface area contributed by atoms with Crippen molar-refractivity contribution in [1.29, 1.82) is 5.26 Å². The van der Waals surface area contributed by atoms with Gasteiger partial charge in [-0.25, -0.2) is 4.79 Å². The standard InChI is InChI=1S/C11H17NO3/c1-9(2)11(13)15-6-4-5-14-8-10(3)7-12/h10H,1,4-6,8H2,2-3H3. The number of nitrogens with zero attached hydrogens (tertiary/aromatic N) is 1. The molecule has 0 amide bonds. The van der Waals surface area contributed by atoms with Crippen molar-refractivity contribution < 1.29 is 14.3 Å². The van der Waals surface area contributed by atoms with Gasteiger partial charge in [0.1, 0.15) is 0 Å². The quantitative estimate of drug-likeness (QED) is 0.365. The first-order valence-corrected chi connectivity index (χ1v) is 4.88. The van der Waals surface area contributed by atoms with Crippen LogP contribution in [0.3, 0.4) is 0 Å². The van der Waals surface area contributed by atoms with Crippen LogP contribution in [0, 0.1) is 17.2 Å². The second-order valence-electron chi connectivity index (χ2n) is 3.37. The van der Waals surface area contributed by atoms with E-state index in [2.05, 4.69) is 12.6 Å². The fourth-order valence-corrected chi connectivity index (χ4v) is 0.746. The molecule has 84 valence electrons. The summed E-state index contributed by atoms with van der Waals surface area (Å²) < 4.78 is 10.0. The minimum atomic E-state index is -0.375. The minimum absolute atomic E-state index is 0.0945. The van der Waals surface area contributed by atoms with Gasteiger partial charge in [0.05, 0.1) is 25.2 Å². The van der Waals surface area contributed by atoms with Gasteiger partial charge >= 0.3 is 5.97 Å². The molecule has 0 saturated carbocycles. The first kappa shape index (κ1) is 13.7. The van der Waals surface area contributed by atoms with Gasteiger partial charge in [0, 0.05) is 18.6 Å². The maximum atomic E-state index is 10.9. The van der Waals surface area contributed by atoms with Gasteiger partial charge in [0.25, 0.3) is 0 Å². The predicted molar refractivity (Wildman–Crippen MR) is 56.0 cm³/mol. The molecule has 4 nitrogen and oxygen atoms in total. The van der Waals surface area contributed by atoms with Gasteiger partial charge in [-0.2, -0.15) is 5.26 Å². The van der Waals surface area contributed by atoms with E-state index in [1.54, 1.807) is 13.8 Å². The lowest BCUT2D eigenvalue weighted by Gasteiger charge is -2.06. The molecule has 1 atom stereocenters. The fraction of sp³-hybridized carbons (Fsp3) is 0.636. The lowest BCUT2D eigenvalue weighted by atomic mass is 10.2. The van der Waals surface area contributed by atoms with Crippen molar-refractivity contribution in [3.8, 4) is 6.07 Å². The summed E-state index contributed by atoms with van der Waals surface area (Å²) in [5.41, 5.74) is 0.397. The van der Waals surface area contributed by atoms with Crippen molar-refractivity contribution in [3.63, 3.8) is 0 Å². The van der Waals surface area contributed by atoms with Gasteiger partial charge in [0.2, 0.25) is 0 Å². The van der Waals surface area contributed by atoms with Gasteiger partial charge in [-0.3, -0.25) is 0 Å². The first-order chi connectivity index (χ1) is 7.07. The molecule has 0 fully saturated rings. The molecule has 0 spiro atoms. The van der Waals surface area contributed by atoms with Crippen LogP contribution < -0.4 is 0 Å². The molecule has 4 heteroatoms. The fourth-order valence-electron chi connectivity index (χ4n) is 0.746. The Bertz CT molecular complexity index is 255. The van der Waals surface area contributed by atoms with Crippen molar-refractivity contribution in [2.24, 2.45) is 5.92 Å². The van der Waals surface area contributed by atoms with Gasteiger partial charge in [-0.15, -0.1) is 0 Å². The molecular formula is C11H17NO3. The summed E-state index contributed by atoms with van der Waals surface area (Å²) in [5.74, 6) is -0.469. The molecule has 1 unspecified atom stereocenters. The topological polar surface area (TPSA) is 59.3 Å². The summed E-state index contributed by atoms with van der Waals surface area (Å²) in [6, 6.07) is 2.07. The largest absolute Gasteiger partial charge is 0.462 e. The van der Waals surface area contributed by atoms with Gasteiger partial charge in [0.15, 0.2) is 0 Å². The average Bonchev–Trinajstić information content (AvgIpc) is 2.22. The molecule has 0 bridgehead atoms. The molecule has 0 aromatic rings. The Morgan fingerprint density at radius 2 is 2.20 bits per heavy atom. The van der Waals surface area contributed by atoms with Crippen molar-refractivity contribution in [3.05, 3.63) is 12.2 Å². The zero-order valence-electron chi connectivity index (χ0n) is 9.28. The van der Waals surface area contributed by atoms with E-state index in [4.69, 9.17) is 14.7 Å². The van der Waals surface area contributed by atoms with Crippen LogP contribution in [0.4, 0.5) is 0 Å². The Kier molecular flexibility index (Phi) is 7.29. The summed E-state index contributed by atoms with van der Waals surface area (Å²) in [4.78, 5) is 10.9. The Labute approximate surface area is 90.5 Å². The molecule has 15 heavy (non-hydrogen) atoms. The molecular weight excluding hydrogens is 194 g/mol. The molecule has 0 aromatic heterocycles. The van der Waals surface area contributed by atoms with E-state index in [1.807, 2.05) is 0 Å². The van der Waals surface area contributed by atoms with Crippen molar-refractivity contribution in [2.75, 3.05) is 19.8 Å². The van der Waals surface area contributed by atoms with E-state index in [-0.39, 0.29) is 11.9 Å². The van der Waals surface area contributed by atoms with Crippen LogP contribution >= 0.6 is 0 Å². The van der Waals surface area contributed by atoms with Gasteiger partial charge in [-0.1, -0.05) is 6.58 Å². The van der Waals surface area contributed by atoms with E-state index in [1.165, 1.54) is 0 Å². The van der Waals surface area contributed by atoms with Crippen molar-refractivity contribution in [1.82, 2.24) is 0 Å². The lowest BCUT2D eigenvalue weighted by Crippen LogP contribution is -2.10. The number of nitriles is 1. The normalized spacial score (nSPS) is 11.5. The monoisotopic (exact) mass is 211 g/mol. The molecule has 0 aliphatic heterocycles. The molecule has 0 saturated heterocycles. The Hall–Kier alpha value is -1.34. The SMILES string of the molecule is C=C(C)C(=O)OCCCOCC(C)C#N. The molecule has 0 aromatic carbocycles. The van der Waals surface area contributed by atoms with Crippen LogP contribution in [0.15, 0.2) is 12.2 Å². The third kappa shape index (κ3) is 7.71. The summed E-state index contributed by atoms with van der Waals surface area (Å²) in [6.07, 6.45) is 0.636. The molecule has 0 radical (unpaired) electrons. The van der Waals surface area contributed by atoms with Crippen molar-refractivity contribution >= 4 is 5.97 Å². The Morgan fingerprint density at radius 1 is 1.53 bits per heavy atom. The van der Waals surface area contributed by atoms with Crippen LogP contribution in [-0.4, -0.2) is 25.8 Å². The summed E-state index contributed by atoms with van der Waals surface area (Å²) >= 11 is 0. The molecule has 0 heterocycles. The predicted octanol–water partition coefficient (Wildman–Crippen LogP) is 1.67. The number of hydrogen-bond acceptors (Lipinski definition) is 4. The third-order valence-corrected chi connectivity index (χ3v) is 1.60. The smallest absolute Gasteiger partial charge is 0.333 e. The number of esters is 1. The molecule has 0 aliphatic rings. The van der Waals surface area contributed by atoms with Crippen LogP contribution in [0.25, 0.3) is 0 Å². The third-order valence-electron chi connectivity index (χ3n) is 1.60. The average molecular weight is 211 g/mol. The van der Waals surface area contributed by atoms with E-state index >= 15 is 0 Å². The number of rotatable bonds is 7. The maximum absolute atomic E-state index is 10.9. The Morgan fingerprint density at radius 3 is 2.73 bits per heavy atom. The highest BCUT2D eigenvalue weighted by atomic mass is 16.5. The van der Waals surface area contributed by atoms with Crippen LogP contribution in [-0.2, 0) is 14.3 Å². The maximum Gasteiger partial charge on any atom is 0.333 e. The highest BCUT2D eigenvalue weighted by Crippen LogP contribution is 1.96.